The van der Waals surface area contributed by atoms with E-state index in [1.165, 1.54) is 11.1 Å². The normalized spacial score (nSPS) is 11.0. The Hall–Kier alpha value is -1.81. The fourth-order valence-corrected chi connectivity index (χ4v) is 2.69. The van der Waals surface area contributed by atoms with Crippen LogP contribution in [0.5, 0.6) is 11.5 Å². The number of hydrogen-bond donors (Lipinski definition) is 0. The van der Waals surface area contributed by atoms with Crippen LogP contribution < -0.4 is 9.47 Å². The van der Waals surface area contributed by atoms with Crippen molar-refractivity contribution in [2.45, 2.75) is 20.8 Å². The number of nitrogens with zero attached hydrogens (tertiary/aromatic N) is 1. The molecule has 0 amide bonds. The first kappa shape index (κ1) is 16.6. The molecule has 0 unspecified atom stereocenters. The van der Waals surface area contributed by atoms with Crippen LogP contribution in [0.2, 0.25) is 0 Å². The van der Waals surface area contributed by atoms with Crippen molar-refractivity contribution in [2.75, 3.05) is 13.7 Å². The molecule has 0 aliphatic carbocycles. The number of halogens is 1. The highest BCUT2D eigenvalue weighted by molar-refractivity contribution is 9.10. The molecule has 0 aromatic heterocycles. The van der Waals surface area contributed by atoms with Gasteiger partial charge >= 0.3 is 0 Å². The van der Waals surface area contributed by atoms with Crippen LogP contribution in [-0.4, -0.2) is 19.9 Å². The lowest BCUT2D eigenvalue weighted by atomic mass is 10.1. The molecule has 0 saturated carbocycles. The van der Waals surface area contributed by atoms with E-state index in [0.717, 1.165) is 15.7 Å². The van der Waals surface area contributed by atoms with Gasteiger partial charge in [0.15, 0.2) is 11.5 Å². The standard InChI is InChI=1S/C18H20BrNO2/c1-5-22-18-15(19)9-14(10-17(18)21-4)11-20-16-8-6-7-12(2)13(16)3/h6-11H,5H2,1-4H3. The molecule has 0 aliphatic heterocycles. The smallest absolute Gasteiger partial charge is 0.175 e. The molecule has 0 heterocycles. The molecule has 22 heavy (non-hydrogen) atoms. The zero-order valence-electron chi connectivity index (χ0n) is 13.3. The third kappa shape index (κ3) is 3.69. The molecule has 2 aromatic rings. The average molecular weight is 362 g/mol. The molecule has 116 valence electrons. The molecule has 0 spiro atoms. The zero-order chi connectivity index (χ0) is 16.1. The third-order valence-electron chi connectivity index (χ3n) is 3.47. The Labute approximate surface area is 140 Å². The Kier molecular flexibility index (Phi) is 5.61. The monoisotopic (exact) mass is 361 g/mol. The van der Waals surface area contributed by atoms with Crippen molar-refractivity contribution >= 4 is 27.8 Å². The summed E-state index contributed by atoms with van der Waals surface area (Å²) in [6.45, 7) is 6.70. The summed E-state index contributed by atoms with van der Waals surface area (Å²) in [5, 5.41) is 0. The van der Waals surface area contributed by atoms with E-state index in [2.05, 4.69) is 40.8 Å². The summed E-state index contributed by atoms with van der Waals surface area (Å²) in [5.74, 6) is 1.41. The lowest BCUT2D eigenvalue weighted by Gasteiger charge is -2.12. The van der Waals surface area contributed by atoms with E-state index in [1.807, 2.05) is 37.4 Å². The van der Waals surface area contributed by atoms with E-state index < -0.39 is 0 Å². The summed E-state index contributed by atoms with van der Waals surface area (Å²) in [5.41, 5.74) is 4.35. The van der Waals surface area contributed by atoms with Gasteiger partial charge < -0.3 is 9.47 Å². The number of benzene rings is 2. The van der Waals surface area contributed by atoms with Gasteiger partial charge in [-0.15, -0.1) is 0 Å². The molecule has 0 fully saturated rings. The molecular weight excluding hydrogens is 342 g/mol. The maximum Gasteiger partial charge on any atom is 0.175 e. The Morgan fingerprint density at radius 2 is 2.00 bits per heavy atom. The largest absolute Gasteiger partial charge is 0.493 e. The van der Waals surface area contributed by atoms with Crippen LogP contribution in [-0.2, 0) is 0 Å². The van der Waals surface area contributed by atoms with Gasteiger partial charge in [-0.1, -0.05) is 12.1 Å². The van der Waals surface area contributed by atoms with Gasteiger partial charge in [0.05, 0.1) is 23.9 Å². The van der Waals surface area contributed by atoms with Crippen molar-refractivity contribution in [1.82, 2.24) is 0 Å². The average Bonchev–Trinajstić information content (AvgIpc) is 2.51. The van der Waals surface area contributed by atoms with E-state index >= 15 is 0 Å². The summed E-state index contributed by atoms with van der Waals surface area (Å²) < 4.78 is 11.9. The SMILES string of the molecule is CCOc1c(Br)cc(C=Nc2cccc(C)c2C)cc1OC. The third-order valence-corrected chi connectivity index (χ3v) is 4.06. The molecule has 0 N–H and O–H groups in total. The topological polar surface area (TPSA) is 30.8 Å². The first-order chi connectivity index (χ1) is 10.6. The summed E-state index contributed by atoms with van der Waals surface area (Å²) in [6, 6.07) is 10.0. The van der Waals surface area contributed by atoms with Gasteiger partial charge in [0, 0.05) is 6.21 Å². The van der Waals surface area contributed by atoms with Crippen LogP contribution in [0, 0.1) is 13.8 Å². The first-order valence-corrected chi connectivity index (χ1v) is 7.96. The van der Waals surface area contributed by atoms with Crippen molar-refractivity contribution in [1.29, 1.82) is 0 Å². The number of methoxy groups -OCH3 is 1. The highest BCUT2D eigenvalue weighted by Gasteiger charge is 2.10. The van der Waals surface area contributed by atoms with Gasteiger partial charge in [-0.05, 0) is 71.6 Å². The summed E-state index contributed by atoms with van der Waals surface area (Å²) in [6.07, 6.45) is 1.84. The van der Waals surface area contributed by atoms with Gasteiger partial charge in [-0.2, -0.15) is 0 Å². The van der Waals surface area contributed by atoms with E-state index in [-0.39, 0.29) is 0 Å². The fraction of sp³-hybridized carbons (Fsp3) is 0.278. The highest BCUT2D eigenvalue weighted by Crippen LogP contribution is 2.36. The predicted molar refractivity (Wildman–Crippen MR) is 95.0 cm³/mol. The molecule has 0 saturated heterocycles. The minimum atomic E-state index is 0.588. The second-order valence-electron chi connectivity index (χ2n) is 4.94. The van der Waals surface area contributed by atoms with Crippen LogP contribution in [0.15, 0.2) is 39.8 Å². The minimum Gasteiger partial charge on any atom is -0.493 e. The van der Waals surface area contributed by atoms with Crippen LogP contribution >= 0.6 is 15.9 Å². The molecule has 2 aromatic carbocycles. The minimum absolute atomic E-state index is 0.588. The van der Waals surface area contributed by atoms with Gasteiger partial charge in [0.1, 0.15) is 0 Å². The summed E-state index contributed by atoms with van der Waals surface area (Å²) >= 11 is 3.53. The Balaban J connectivity index is 2.35. The lowest BCUT2D eigenvalue weighted by molar-refractivity contribution is 0.309. The number of hydrogen-bond acceptors (Lipinski definition) is 3. The maximum atomic E-state index is 5.59. The van der Waals surface area contributed by atoms with Gasteiger partial charge in [-0.3, -0.25) is 4.99 Å². The Bertz CT molecular complexity index is 696. The van der Waals surface area contributed by atoms with Crippen molar-refractivity contribution in [3.8, 4) is 11.5 Å². The number of ether oxygens (including phenoxy) is 2. The molecule has 0 bridgehead atoms. The maximum absolute atomic E-state index is 5.59. The number of rotatable bonds is 5. The van der Waals surface area contributed by atoms with Gasteiger partial charge in [0.2, 0.25) is 0 Å². The quantitative estimate of drug-likeness (QED) is 0.683. The van der Waals surface area contributed by atoms with E-state index in [1.54, 1.807) is 7.11 Å². The van der Waals surface area contributed by atoms with Crippen molar-refractivity contribution in [3.05, 3.63) is 51.5 Å². The number of aryl methyl sites for hydroxylation is 1. The van der Waals surface area contributed by atoms with Crippen LogP contribution in [0.3, 0.4) is 0 Å². The molecule has 2 rings (SSSR count). The van der Waals surface area contributed by atoms with Crippen molar-refractivity contribution in [3.63, 3.8) is 0 Å². The highest BCUT2D eigenvalue weighted by atomic mass is 79.9. The zero-order valence-corrected chi connectivity index (χ0v) is 14.9. The van der Waals surface area contributed by atoms with Crippen molar-refractivity contribution in [2.24, 2.45) is 4.99 Å². The van der Waals surface area contributed by atoms with Crippen LogP contribution in [0.4, 0.5) is 5.69 Å². The first-order valence-electron chi connectivity index (χ1n) is 7.17. The molecule has 0 radical (unpaired) electrons. The van der Waals surface area contributed by atoms with Crippen LogP contribution in [0.25, 0.3) is 0 Å². The lowest BCUT2D eigenvalue weighted by Crippen LogP contribution is -1.97. The molecule has 0 atom stereocenters. The summed E-state index contributed by atoms with van der Waals surface area (Å²) in [4.78, 5) is 4.59. The number of aliphatic imine (C=N–C) groups is 1. The molecule has 3 nitrogen and oxygen atoms in total. The fourth-order valence-electron chi connectivity index (χ4n) is 2.12. The molecule has 0 aliphatic rings. The predicted octanol–water partition coefficient (Wildman–Crippen LogP) is 5.22. The van der Waals surface area contributed by atoms with Gasteiger partial charge in [-0.25, -0.2) is 0 Å². The van der Waals surface area contributed by atoms with Gasteiger partial charge in [0.25, 0.3) is 0 Å². The van der Waals surface area contributed by atoms with E-state index in [0.29, 0.717) is 18.1 Å². The Morgan fingerprint density at radius 3 is 2.68 bits per heavy atom. The van der Waals surface area contributed by atoms with Crippen molar-refractivity contribution < 1.29 is 9.47 Å². The van der Waals surface area contributed by atoms with E-state index in [4.69, 9.17) is 9.47 Å². The van der Waals surface area contributed by atoms with E-state index in [9.17, 15) is 0 Å². The summed E-state index contributed by atoms with van der Waals surface area (Å²) in [7, 11) is 1.63. The van der Waals surface area contributed by atoms with Crippen LogP contribution in [0.1, 0.15) is 23.6 Å². The molecular formula is C18H20BrNO2. The second kappa shape index (κ2) is 7.45. The second-order valence-corrected chi connectivity index (χ2v) is 5.80. The Morgan fingerprint density at radius 1 is 1.23 bits per heavy atom. The molecule has 4 heteroatoms.